The molecule has 4 heteroatoms. The zero-order valence-corrected chi connectivity index (χ0v) is 12.4. The van der Waals surface area contributed by atoms with Crippen LogP contribution in [0.2, 0.25) is 0 Å². The van der Waals surface area contributed by atoms with Gasteiger partial charge in [-0.1, -0.05) is 19.1 Å². The first-order valence-corrected chi connectivity index (χ1v) is 6.79. The van der Waals surface area contributed by atoms with Crippen molar-refractivity contribution in [2.75, 3.05) is 12.4 Å². The molecule has 0 saturated heterocycles. The van der Waals surface area contributed by atoms with E-state index in [1.54, 1.807) is 12.1 Å². The summed E-state index contributed by atoms with van der Waals surface area (Å²) in [4.78, 5) is 9.18. The van der Waals surface area contributed by atoms with Crippen molar-refractivity contribution >= 4 is 5.82 Å². The molecule has 1 aromatic carbocycles. The zero-order valence-electron chi connectivity index (χ0n) is 12.4. The van der Waals surface area contributed by atoms with E-state index < -0.39 is 0 Å². The highest BCUT2D eigenvalue weighted by atomic mass is 19.1. The second-order valence-corrected chi connectivity index (χ2v) is 5.30. The quantitative estimate of drug-likeness (QED) is 0.925. The molecule has 0 spiro atoms. The van der Waals surface area contributed by atoms with Gasteiger partial charge >= 0.3 is 0 Å². The number of benzene rings is 1. The second-order valence-electron chi connectivity index (χ2n) is 5.30. The number of nitrogens with one attached hydrogen (secondary N) is 1. The monoisotopic (exact) mass is 273 g/mol. The van der Waals surface area contributed by atoms with E-state index in [-0.39, 0.29) is 11.2 Å². The van der Waals surface area contributed by atoms with E-state index in [1.807, 2.05) is 13.1 Å². The summed E-state index contributed by atoms with van der Waals surface area (Å²) in [5, 5.41) is 3.06. The van der Waals surface area contributed by atoms with Gasteiger partial charge in [0.05, 0.1) is 0 Å². The summed E-state index contributed by atoms with van der Waals surface area (Å²) in [6.07, 6.45) is 0.851. The molecule has 0 aliphatic heterocycles. The summed E-state index contributed by atoms with van der Waals surface area (Å²) < 4.78 is 13.1. The first-order valence-electron chi connectivity index (χ1n) is 6.79. The predicted molar refractivity (Wildman–Crippen MR) is 79.5 cm³/mol. The molecule has 0 unspecified atom stereocenters. The van der Waals surface area contributed by atoms with E-state index in [9.17, 15) is 4.39 Å². The fourth-order valence-electron chi connectivity index (χ4n) is 2.08. The molecule has 106 valence electrons. The van der Waals surface area contributed by atoms with Gasteiger partial charge in [0, 0.05) is 24.2 Å². The fourth-order valence-corrected chi connectivity index (χ4v) is 2.08. The van der Waals surface area contributed by atoms with Crippen LogP contribution < -0.4 is 5.32 Å². The molecule has 2 aromatic rings. The summed E-state index contributed by atoms with van der Waals surface area (Å²) in [5.74, 6) is 1.32. The van der Waals surface area contributed by atoms with Gasteiger partial charge in [-0.3, -0.25) is 0 Å². The average molecular weight is 273 g/mol. The molecule has 1 N–H and O–H groups in total. The molecule has 0 amide bonds. The summed E-state index contributed by atoms with van der Waals surface area (Å²) in [7, 11) is 1.84. The van der Waals surface area contributed by atoms with E-state index >= 15 is 0 Å². The molecular weight excluding hydrogens is 253 g/mol. The smallest absolute Gasteiger partial charge is 0.140 e. The van der Waals surface area contributed by atoms with E-state index in [1.165, 1.54) is 12.1 Å². The minimum atomic E-state index is -0.371. The highest BCUT2D eigenvalue weighted by Crippen LogP contribution is 2.30. The molecule has 0 aliphatic rings. The van der Waals surface area contributed by atoms with Crippen molar-refractivity contribution in [2.24, 2.45) is 0 Å². The normalized spacial score (nSPS) is 11.4. The standard InChI is InChI=1S/C16H20FN3/c1-5-13-10-14(18-4)20-15(19-13)16(2,3)11-6-8-12(17)9-7-11/h6-10H,5H2,1-4H3,(H,18,19,20). The molecule has 0 aliphatic carbocycles. The Labute approximate surface area is 119 Å². The Morgan fingerprint density at radius 3 is 2.35 bits per heavy atom. The summed E-state index contributed by atoms with van der Waals surface area (Å²) in [6, 6.07) is 8.47. The van der Waals surface area contributed by atoms with Gasteiger partial charge in [0.15, 0.2) is 0 Å². The third kappa shape index (κ3) is 2.79. The highest BCUT2D eigenvalue weighted by Gasteiger charge is 2.27. The second kappa shape index (κ2) is 5.57. The lowest BCUT2D eigenvalue weighted by molar-refractivity contribution is 0.580. The first-order chi connectivity index (χ1) is 9.47. The third-order valence-corrected chi connectivity index (χ3v) is 3.52. The Balaban J connectivity index is 2.49. The van der Waals surface area contributed by atoms with E-state index in [0.29, 0.717) is 0 Å². The van der Waals surface area contributed by atoms with Crippen molar-refractivity contribution in [3.8, 4) is 0 Å². The van der Waals surface area contributed by atoms with Crippen LogP contribution in [0.4, 0.5) is 10.2 Å². The number of rotatable bonds is 4. The predicted octanol–water partition coefficient (Wildman–Crippen LogP) is 3.55. The van der Waals surface area contributed by atoms with Crippen LogP contribution in [0, 0.1) is 5.82 Å². The topological polar surface area (TPSA) is 37.8 Å². The zero-order chi connectivity index (χ0) is 14.8. The van der Waals surface area contributed by atoms with Gasteiger partial charge < -0.3 is 5.32 Å². The van der Waals surface area contributed by atoms with Crippen molar-refractivity contribution in [2.45, 2.75) is 32.6 Å². The minimum Gasteiger partial charge on any atom is -0.373 e. The summed E-state index contributed by atoms with van der Waals surface area (Å²) in [6.45, 7) is 6.17. The maximum Gasteiger partial charge on any atom is 0.140 e. The molecule has 3 nitrogen and oxygen atoms in total. The Kier molecular flexibility index (Phi) is 4.02. The van der Waals surface area contributed by atoms with Gasteiger partial charge in [-0.15, -0.1) is 0 Å². The van der Waals surface area contributed by atoms with E-state index in [2.05, 4.69) is 36.1 Å². The SMILES string of the molecule is CCc1cc(NC)nc(C(C)(C)c2ccc(F)cc2)n1. The lowest BCUT2D eigenvalue weighted by atomic mass is 9.83. The van der Waals surface area contributed by atoms with Crippen LogP contribution in [0.5, 0.6) is 0 Å². The number of halogens is 1. The maximum absolute atomic E-state index is 13.1. The van der Waals surface area contributed by atoms with Crippen LogP contribution in [0.25, 0.3) is 0 Å². The van der Waals surface area contributed by atoms with Gasteiger partial charge in [0.1, 0.15) is 17.5 Å². The number of hydrogen-bond donors (Lipinski definition) is 1. The van der Waals surface area contributed by atoms with Crippen LogP contribution in [-0.4, -0.2) is 17.0 Å². The molecule has 0 fully saturated rings. The lowest BCUT2D eigenvalue weighted by Crippen LogP contribution is -2.23. The van der Waals surface area contributed by atoms with Crippen molar-refractivity contribution < 1.29 is 4.39 Å². The number of aromatic nitrogens is 2. The molecule has 1 heterocycles. The molecular formula is C16H20FN3. The number of anilines is 1. The number of hydrogen-bond acceptors (Lipinski definition) is 3. The molecule has 2 rings (SSSR count). The van der Waals surface area contributed by atoms with Crippen molar-refractivity contribution in [3.63, 3.8) is 0 Å². The Hall–Kier alpha value is -1.97. The Morgan fingerprint density at radius 2 is 1.80 bits per heavy atom. The molecule has 20 heavy (non-hydrogen) atoms. The molecule has 1 aromatic heterocycles. The number of aryl methyl sites for hydroxylation is 1. The highest BCUT2D eigenvalue weighted by molar-refractivity contribution is 5.39. The van der Waals surface area contributed by atoms with Gasteiger partial charge in [0.25, 0.3) is 0 Å². The van der Waals surface area contributed by atoms with E-state index in [4.69, 9.17) is 0 Å². The fraction of sp³-hybridized carbons (Fsp3) is 0.375. The van der Waals surface area contributed by atoms with Crippen molar-refractivity contribution in [1.29, 1.82) is 0 Å². The van der Waals surface area contributed by atoms with Crippen LogP contribution in [-0.2, 0) is 11.8 Å². The van der Waals surface area contributed by atoms with Gasteiger partial charge in [0.2, 0.25) is 0 Å². The van der Waals surface area contributed by atoms with E-state index in [0.717, 1.165) is 29.3 Å². The molecule has 0 radical (unpaired) electrons. The van der Waals surface area contributed by atoms with Crippen LogP contribution in [0.15, 0.2) is 30.3 Å². The van der Waals surface area contributed by atoms with Crippen LogP contribution in [0.1, 0.15) is 37.9 Å². The van der Waals surface area contributed by atoms with Gasteiger partial charge in [-0.05, 0) is 38.0 Å². The van der Waals surface area contributed by atoms with Crippen LogP contribution >= 0.6 is 0 Å². The minimum absolute atomic E-state index is 0.233. The van der Waals surface area contributed by atoms with Crippen molar-refractivity contribution in [3.05, 3.63) is 53.2 Å². The largest absolute Gasteiger partial charge is 0.373 e. The maximum atomic E-state index is 13.1. The molecule has 0 bridgehead atoms. The lowest BCUT2D eigenvalue weighted by Gasteiger charge is -2.24. The third-order valence-electron chi connectivity index (χ3n) is 3.52. The van der Waals surface area contributed by atoms with Gasteiger partial charge in [-0.25, -0.2) is 14.4 Å². The molecule has 0 atom stereocenters. The molecule has 0 saturated carbocycles. The first kappa shape index (κ1) is 14.4. The number of nitrogens with zero attached hydrogens (tertiary/aromatic N) is 2. The Morgan fingerprint density at radius 1 is 1.15 bits per heavy atom. The Bertz CT molecular complexity index is 569. The van der Waals surface area contributed by atoms with Crippen molar-refractivity contribution in [1.82, 2.24) is 9.97 Å². The van der Waals surface area contributed by atoms with Crippen LogP contribution in [0.3, 0.4) is 0 Å². The summed E-state index contributed by atoms with van der Waals surface area (Å²) in [5.41, 5.74) is 1.62. The average Bonchev–Trinajstić information content (AvgIpc) is 2.47. The van der Waals surface area contributed by atoms with Gasteiger partial charge in [-0.2, -0.15) is 0 Å². The summed E-state index contributed by atoms with van der Waals surface area (Å²) >= 11 is 0.